The number of anilines is 1. The van der Waals surface area contributed by atoms with Gasteiger partial charge in [-0.3, -0.25) is 5.43 Å². The molecule has 40 heavy (non-hydrogen) atoms. The summed E-state index contributed by atoms with van der Waals surface area (Å²) in [4.78, 5) is 12.1. The maximum absolute atomic E-state index is 6.53. The minimum Gasteiger partial charge on any atom is -0.465 e. The van der Waals surface area contributed by atoms with Gasteiger partial charge in [0.25, 0.3) is 0 Å². The van der Waals surface area contributed by atoms with Crippen molar-refractivity contribution in [1.82, 2.24) is 5.43 Å². The summed E-state index contributed by atoms with van der Waals surface area (Å²) < 4.78 is 19.4. The first-order chi connectivity index (χ1) is 19.2. The first kappa shape index (κ1) is 27.9. The Labute approximate surface area is 245 Å². The van der Waals surface area contributed by atoms with Crippen molar-refractivity contribution in [3.63, 3.8) is 0 Å². The maximum atomic E-state index is 6.53. The lowest BCUT2D eigenvalue weighted by atomic mass is 9.58. The topological polar surface area (TPSA) is 82.6 Å². The Morgan fingerprint density at radius 2 is 1.90 bits per heavy atom. The predicted octanol–water partition coefficient (Wildman–Crippen LogP) is 6.56. The number of hydrogen-bond donors (Lipinski definition) is 2. The molecule has 4 aliphatic heterocycles. The normalized spacial score (nSPS) is 36.5. The molecule has 0 radical (unpaired) electrons. The van der Waals surface area contributed by atoms with Gasteiger partial charge >= 0.3 is 0 Å². The molecule has 1 saturated carbocycles. The average Bonchev–Trinajstić information content (AvgIpc) is 3.16. The van der Waals surface area contributed by atoms with Gasteiger partial charge in [0, 0.05) is 29.0 Å². The first-order valence-corrected chi connectivity index (χ1v) is 14.8. The molecular formula is C30H36ClN3O5S. The van der Waals surface area contributed by atoms with E-state index in [1.54, 1.807) is 6.21 Å². The number of benzene rings is 2. The summed E-state index contributed by atoms with van der Waals surface area (Å²) in [5, 5.41) is 8.41. The number of nitrogens with zero attached hydrogens (tertiary/aromatic N) is 1. The predicted molar refractivity (Wildman–Crippen MR) is 157 cm³/mol. The van der Waals surface area contributed by atoms with E-state index in [-0.39, 0.29) is 11.8 Å². The molecule has 8 nitrogen and oxygen atoms in total. The second kappa shape index (κ2) is 10.9. The van der Waals surface area contributed by atoms with E-state index in [0.717, 1.165) is 48.2 Å². The molecule has 8 atom stereocenters. The van der Waals surface area contributed by atoms with E-state index < -0.39 is 24.0 Å². The fraction of sp³-hybridized carbons (Fsp3) is 0.533. The van der Waals surface area contributed by atoms with Crippen molar-refractivity contribution in [1.29, 1.82) is 0 Å². The van der Waals surface area contributed by atoms with Crippen molar-refractivity contribution in [2.45, 2.75) is 77.3 Å². The molecule has 2 bridgehead atoms. The van der Waals surface area contributed by atoms with Crippen LogP contribution in [0.15, 0.2) is 47.6 Å². The molecule has 4 saturated heterocycles. The molecular weight excluding hydrogens is 550 g/mol. The molecule has 5 aliphatic rings. The SMILES string of the molecule is Cc1c(Cl)cccc1NC(=S)N/N=C/c1ccc(O[C@H]2O[C@@H]3OC4(C)CC[C@H]5[C@H](C)CC[C@@H]([C@H]2C)[C@@]35OO4)cc1. The van der Waals surface area contributed by atoms with E-state index in [0.29, 0.717) is 22.0 Å². The fourth-order valence-electron chi connectivity index (χ4n) is 6.83. The number of nitrogens with one attached hydrogen (secondary N) is 2. The number of hydrazone groups is 1. The van der Waals surface area contributed by atoms with Gasteiger partial charge in [0.1, 0.15) is 5.75 Å². The lowest BCUT2D eigenvalue weighted by Crippen LogP contribution is -2.70. The van der Waals surface area contributed by atoms with Crippen LogP contribution in [0, 0.1) is 30.6 Å². The van der Waals surface area contributed by atoms with Crippen LogP contribution in [0.3, 0.4) is 0 Å². The summed E-state index contributed by atoms with van der Waals surface area (Å²) in [5.41, 5.74) is 4.90. The molecule has 1 spiro atoms. The largest absolute Gasteiger partial charge is 0.465 e. The van der Waals surface area contributed by atoms with Crippen LogP contribution in [0.2, 0.25) is 5.02 Å². The minimum absolute atomic E-state index is 0.1000. The molecule has 0 amide bonds. The highest BCUT2D eigenvalue weighted by Gasteiger charge is 2.69. The summed E-state index contributed by atoms with van der Waals surface area (Å²) >= 11 is 11.5. The van der Waals surface area contributed by atoms with Crippen molar-refractivity contribution in [3.05, 3.63) is 58.6 Å². The zero-order valence-corrected chi connectivity index (χ0v) is 24.8. The van der Waals surface area contributed by atoms with Crippen LogP contribution in [-0.2, 0) is 19.2 Å². The molecule has 1 aliphatic carbocycles. The Kier molecular flexibility index (Phi) is 7.56. The van der Waals surface area contributed by atoms with Gasteiger partial charge < -0.3 is 19.5 Å². The number of halogens is 1. The van der Waals surface area contributed by atoms with Crippen molar-refractivity contribution >= 4 is 40.8 Å². The zero-order chi connectivity index (χ0) is 28.1. The Hall–Kier alpha value is -2.27. The first-order valence-electron chi connectivity index (χ1n) is 14.0. The van der Waals surface area contributed by atoms with Crippen LogP contribution in [0.5, 0.6) is 5.75 Å². The van der Waals surface area contributed by atoms with Crippen LogP contribution in [-0.4, -0.2) is 35.3 Å². The van der Waals surface area contributed by atoms with Crippen LogP contribution < -0.4 is 15.5 Å². The van der Waals surface area contributed by atoms with E-state index in [1.807, 2.05) is 56.3 Å². The average molecular weight is 586 g/mol. The highest BCUT2D eigenvalue weighted by molar-refractivity contribution is 7.80. The van der Waals surface area contributed by atoms with Crippen molar-refractivity contribution < 1.29 is 24.0 Å². The van der Waals surface area contributed by atoms with Crippen LogP contribution in [0.4, 0.5) is 5.69 Å². The van der Waals surface area contributed by atoms with Gasteiger partial charge in [-0.1, -0.05) is 31.5 Å². The maximum Gasteiger partial charge on any atom is 0.205 e. The van der Waals surface area contributed by atoms with E-state index >= 15 is 0 Å². The summed E-state index contributed by atoms with van der Waals surface area (Å²) in [6.07, 6.45) is 4.68. The smallest absolute Gasteiger partial charge is 0.205 e. The van der Waals surface area contributed by atoms with Crippen molar-refractivity contribution in [2.75, 3.05) is 5.32 Å². The Morgan fingerprint density at radius 1 is 1.10 bits per heavy atom. The molecule has 2 N–H and O–H groups in total. The van der Waals surface area contributed by atoms with Gasteiger partial charge in [-0.05, 0) is 105 Å². The molecule has 214 valence electrons. The second-order valence-electron chi connectivity index (χ2n) is 11.7. The lowest BCUT2D eigenvalue weighted by Gasteiger charge is -2.60. The van der Waals surface area contributed by atoms with Crippen LogP contribution in [0.1, 0.15) is 57.6 Å². The Morgan fingerprint density at radius 3 is 2.70 bits per heavy atom. The van der Waals surface area contributed by atoms with Gasteiger partial charge in [-0.2, -0.15) is 5.10 Å². The number of ether oxygens (including phenoxy) is 3. The van der Waals surface area contributed by atoms with E-state index in [4.69, 9.17) is 47.8 Å². The highest BCUT2D eigenvalue weighted by atomic mass is 35.5. The third-order valence-electron chi connectivity index (χ3n) is 9.13. The van der Waals surface area contributed by atoms with E-state index in [9.17, 15) is 0 Å². The molecule has 2 aromatic rings. The van der Waals surface area contributed by atoms with E-state index in [2.05, 4.69) is 29.7 Å². The van der Waals surface area contributed by atoms with Gasteiger partial charge in [-0.25, -0.2) is 9.78 Å². The third kappa shape index (κ3) is 5.01. The Balaban J connectivity index is 1.09. The number of hydrogen-bond acceptors (Lipinski definition) is 7. The molecule has 0 aromatic heterocycles. The third-order valence-corrected chi connectivity index (χ3v) is 9.73. The lowest BCUT2D eigenvalue weighted by molar-refractivity contribution is -0.575. The number of thiocarbonyl (C=S) groups is 1. The summed E-state index contributed by atoms with van der Waals surface area (Å²) in [6.45, 7) is 8.36. The summed E-state index contributed by atoms with van der Waals surface area (Å²) in [5.74, 6) is 1.08. The minimum atomic E-state index is -0.803. The fourth-order valence-corrected chi connectivity index (χ4v) is 7.17. The van der Waals surface area contributed by atoms with E-state index in [1.165, 1.54) is 0 Å². The number of fused-ring (bicyclic) bond motifs is 2. The molecule has 1 unspecified atom stereocenters. The van der Waals surface area contributed by atoms with Crippen LogP contribution >= 0.6 is 23.8 Å². The van der Waals surface area contributed by atoms with Crippen molar-refractivity contribution in [2.24, 2.45) is 28.8 Å². The monoisotopic (exact) mass is 585 g/mol. The molecule has 5 fully saturated rings. The number of rotatable bonds is 5. The van der Waals surface area contributed by atoms with Crippen molar-refractivity contribution in [3.8, 4) is 5.75 Å². The summed E-state index contributed by atoms with van der Waals surface area (Å²) in [7, 11) is 0. The zero-order valence-electron chi connectivity index (χ0n) is 23.2. The summed E-state index contributed by atoms with van der Waals surface area (Å²) in [6, 6.07) is 13.3. The quantitative estimate of drug-likeness (QED) is 0.177. The molecule has 4 heterocycles. The van der Waals surface area contributed by atoms with Gasteiger partial charge in [0.15, 0.2) is 17.0 Å². The molecule has 2 aromatic carbocycles. The van der Waals surface area contributed by atoms with Gasteiger partial charge in [0.2, 0.25) is 12.1 Å². The molecule has 7 rings (SSSR count). The molecule has 10 heteroatoms. The standard InChI is InChI=1S/C30H36ClN3O5S/c1-17-8-13-23-18(2)26(36-27-30(23)22(17)14-15-29(4,37-27)38-39-30)35-21-11-9-20(10-12-21)16-32-34-28(40)33-25-7-5-6-24(31)19(25)3/h5-7,9-12,16-18,22-23,26-27H,8,13-15H2,1-4H3,(H2,33,34,40)/b32-16+/t17-,18-,22+,23+,26+,27-,29?,30-/m1/s1. The highest BCUT2D eigenvalue weighted by Crippen LogP contribution is 2.60. The Bertz CT molecular complexity index is 1290. The van der Waals surface area contributed by atoms with Crippen LogP contribution in [0.25, 0.3) is 0 Å². The van der Waals surface area contributed by atoms with Gasteiger partial charge in [0.05, 0.1) is 6.21 Å². The second-order valence-corrected chi connectivity index (χ2v) is 12.5. The van der Waals surface area contributed by atoms with Gasteiger partial charge in [-0.15, -0.1) is 0 Å².